The van der Waals surface area contributed by atoms with E-state index in [1.165, 1.54) is 4.72 Å². The zero-order chi connectivity index (χ0) is 20.5. The number of hydrogen-bond acceptors (Lipinski definition) is 8. The van der Waals surface area contributed by atoms with Crippen LogP contribution in [0.15, 0.2) is 12.1 Å². The fourth-order valence-electron chi connectivity index (χ4n) is 2.07. The Morgan fingerprint density at radius 2 is 1.78 bits per heavy atom. The van der Waals surface area contributed by atoms with Crippen LogP contribution < -0.4 is 20.5 Å². The lowest BCUT2D eigenvalue weighted by atomic mass is 10.1. The number of anilines is 1. The molecule has 14 nitrogen and oxygen atoms in total. The number of imide groups is 1. The number of rotatable bonds is 5. The number of carboxylic acid groups (broad SMARTS) is 1. The first-order valence-electron chi connectivity index (χ1n) is 6.92. The second-order valence-electron chi connectivity index (χ2n) is 5.21. The van der Waals surface area contributed by atoms with Gasteiger partial charge in [-0.3, -0.25) is 19.2 Å². The van der Waals surface area contributed by atoms with Crippen LogP contribution in [0.1, 0.15) is 10.4 Å². The largest absolute Gasteiger partial charge is 0.504 e. The Labute approximate surface area is 150 Å². The van der Waals surface area contributed by atoms with Gasteiger partial charge in [0.1, 0.15) is 6.04 Å². The van der Waals surface area contributed by atoms with E-state index >= 15 is 0 Å². The molecule has 1 saturated heterocycles. The first kappa shape index (κ1) is 19.6. The lowest BCUT2D eigenvalue weighted by molar-refractivity contribution is -0.138. The van der Waals surface area contributed by atoms with Crippen molar-refractivity contribution >= 4 is 39.8 Å². The Kier molecular flexibility index (Phi) is 4.98. The van der Waals surface area contributed by atoms with E-state index in [0.717, 1.165) is 0 Å². The minimum atomic E-state index is -4.69. The minimum absolute atomic E-state index is 0.390. The van der Waals surface area contributed by atoms with E-state index in [1.807, 2.05) is 5.32 Å². The van der Waals surface area contributed by atoms with Gasteiger partial charge in [0.2, 0.25) is 0 Å². The minimum Gasteiger partial charge on any atom is -0.504 e. The predicted octanol–water partition coefficient (Wildman–Crippen LogP) is -1.96. The molecule has 1 aromatic rings. The molecule has 1 heterocycles. The van der Waals surface area contributed by atoms with Crippen LogP contribution in [0.25, 0.3) is 0 Å². The first-order valence-corrected chi connectivity index (χ1v) is 8.40. The molecule has 1 unspecified atom stereocenters. The number of urea groups is 1. The number of phenolic OH excluding ortho intramolecular Hbond substituents is 2. The quantitative estimate of drug-likeness (QED) is 0.164. The standard InChI is InChI=1S/C12H13N5O9S/c13-9(20)4-1-7(18)8(19)2-5(4)15-27(25,26)16-11(22)17-3-6(10(17)21)14-12(23)24/h1-2,6,14-15,18-19H,3H2,(H2,13,20)(H,16,22)(H,23,24). The van der Waals surface area contributed by atoms with E-state index < -0.39 is 62.9 Å². The van der Waals surface area contributed by atoms with E-state index in [1.54, 1.807) is 4.72 Å². The summed E-state index contributed by atoms with van der Waals surface area (Å²) in [6, 6.07) is -1.17. The molecule has 0 spiro atoms. The van der Waals surface area contributed by atoms with Gasteiger partial charge >= 0.3 is 22.3 Å². The monoisotopic (exact) mass is 403 g/mol. The number of nitrogens with one attached hydrogen (secondary N) is 3. The molecule has 1 aromatic carbocycles. The molecule has 0 bridgehead atoms. The smallest absolute Gasteiger partial charge is 0.405 e. The molecule has 1 aliphatic rings. The highest BCUT2D eigenvalue weighted by Crippen LogP contribution is 2.31. The second-order valence-corrected chi connectivity index (χ2v) is 6.63. The predicted molar refractivity (Wildman–Crippen MR) is 86.0 cm³/mol. The number of amides is 5. The van der Waals surface area contributed by atoms with Crippen molar-refractivity contribution < 1.29 is 42.9 Å². The fourth-order valence-corrected chi connectivity index (χ4v) is 2.92. The van der Waals surface area contributed by atoms with Crippen LogP contribution in [0.5, 0.6) is 11.5 Å². The van der Waals surface area contributed by atoms with Crippen molar-refractivity contribution in [3.63, 3.8) is 0 Å². The van der Waals surface area contributed by atoms with Crippen LogP contribution in [0.4, 0.5) is 15.3 Å². The SMILES string of the molecule is NC(=O)c1cc(O)c(O)cc1NS(=O)(=O)NC(=O)N1CC(NC(=O)O)C1=O. The number of aromatic hydroxyl groups is 2. The van der Waals surface area contributed by atoms with Crippen molar-refractivity contribution in [3.8, 4) is 11.5 Å². The summed E-state index contributed by atoms with van der Waals surface area (Å²) < 4.78 is 27.2. The van der Waals surface area contributed by atoms with Gasteiger partial charge in [-0.15, -0.1) is 0 Å². The second kappa shape index (κ2) is 6.87. The summed E-state index contributed by atoms with van der Waals surface area (Å²) in [6.45, 7) is -0.390. The average molecular weight is 403 g/mol. The molecule has 0 aliphatic carbocycles. The summed E-state index contributed by atoms with van der Waals surface area (Å²) in [5, 5.41) is 29.1. The Morgan fingerprint density at radius 1 is 1.19 bits per heavy atom. The van der Waals surface area contributed by atoms with Gasteiger partial charge in [-0.05, 0) is 6.07 Å². The number of carbonyl (C=O) groups excluding carboxylic acids is 3. The van der Waals surface area contributed by atoms with E-state index in [0.29, 0.717) is 17.0 Å². The van der Waals surface area contributed by atoms with Crippen LogP contribution in [0.2, 0.25) is 0 Å². The van der Waals surface area contributed by atoms with Crippen LogP contribution >= 0.6 is 0 Å². The fraction of sp³-hybridized carbons (Fsp3) is 0.167. The molecule has 15 heteroatoms. The number of carbonyl (C=O) groups is 4. The molecule has 1 atom stereocenters. The van der Waals surface area contributed by atoms with Crippen LogP contribution in [0.3, 0.4) is 0 Å². The maximum atomic E-state index is 12.0. The zero-order valence-electron chi connectivity index (χ0n) is 13.2. The van der Waals surface area contributed by atoms with Gasteiger partial charge < -0.3 is 26.4 Å². The van der Waals surface area contributed by atoms with Gasteiger partial charge in [-0.1, -0.05) is 0 Å². The number of hydrogen-bond donors (Lipinski definition) is 7. The third kappa shape index (κ3) is 4.27. The van der Waals surface area contributed by atoms with Gasteiger partial charge in [0.25, 0.3) is 11.8 Å². The number of benzene rings is 1. The Balaban J connectivity index is 2.11. The van der Waals surface area contributed by atoms with Crippen molar-refractivity contribution in [3.05, 3.63) is 17.7 Å². The summed E-state index contributed by atoms with van der Waals surface area (Å²) in [7, 11) is -4.69. The molecule has 5 amide bonds. The lowest BCUT2D eigenvalue weighted by Crippen LogP contribution is -2.67. The molecule has 8 N–H and O–H groups in total. The molecule has 0 radical (unpaired) electrons. The summed E-state index contributed by atoms with van der Waals surface area (Å²) in [6.07, 6.45) is -1.49. The molecule has 1 aliphatic heterocycles. The lowest BCUT2D eigenvalue weighted by Gasteiger charge is -2.35. The van der Waals surface area contributed by atoms with Gasteiger partial charge in [-0.2, -0.15) is 8.42 Å². The molecular formula is C12H13N5O9S. The van der Waals surface area contributed by atoms with Crippen molar-refractivity contribution in [2.24, 2.45) is 5.73 Å². The molecule has 1 fully saturated rings. The third-order valence-electron chi connectivity index (χ3n) is 3.32. The molecule has 27 heavy (non-hydrogen) atoms. The maximum Gasteiger partial charge on any atom is 0.405 e. The summed E-state index contributed by atoms with van der Waals surface area (Å²) in [5.74, 6) is -3.62. The van der Waals surface area contributed by atoms with Crippen molar-refractivity contribution in [2.45, 2.75) is 6.04 Å². The summed E-state index contributed by atoms with van der Waals surface area (Å²) in [4.78, 5) is 45.6. The van der Waals surface area contributed by atoms with Crippen molar-refractivity contribution in [1.82, 2.24) is 14.9 Å². The summed E-state index contributed by atoms with van der Waals surface area (Å²) in [5.41, 5.74) is 4.00. The topological polar surface area (TPSA) is 228 Å². The zero-order valence-corrected chi connectivity index (χ0v) is 14.0. The van der Waals surface area contributed by atoms with E-state index in [9.17, 15) is 37.8 Å². The number of nitrogens with two attached hydrogens (primary N) is 1. The summed E-state index contributed by atoms with van der Waals surface area (Å²) >= 11 is 0. The first-order chi connectivity index (χ1) is 12.4. The molecule has 0 saturated carbocycles. The molecule has 146 valence electrons. The van der Waals surface area contributed by atoms with E-state index in [2.05, 4.69) is 0 Å². The normalized spacial score (nSPS) is 16.2. The van der Waals surface area contributed by atoms with Crippen LogP contribution in [-0.4, -0.2) is 65.2 Å². The van der Waals surface area contributed by atoms with Gasteiger partial charge in [-0.25, -0.2) is 14.3 Å². The molecule has 2 rings (SSSR count). The Bertz CT molecular complexity index is 945. The van der Waals surface area contributed by atoms with Gasteiger partial charge in [0, 0.05) is 6.07 Å². The highest BCUT2D eigenvalue weighted by atomic mass is 32.2. The van der Waals surface area contributed by atoms with E-state index in [-0.39, 0.29) is 6.54 Å². The third-order valence-corrected chi connectivity index (χ3v) is 4.25. The maximum absolute atomic E-state index is 12.0. The number of likely N-dealkylation sites (tertiary alicyclic amines) is 1. The van der Waals surface area contributed by atoms with Crippen LogP contribution in [0, 0.1) is 0 Å². The number of β-lactam (4-membered cyclic amide) rings is 1. The van der Waals surface area contributed by atoms with Crippen LogP contribution in [-0.2, 0) is 15.0 Å². The van der Waals surface area contributed by atoms with Gasteiger partial charge in [0.15, 0.2) is 11.5 Å². The number of primary amides is 1. The number of phenols is 2. The Morgan fingerprint density at radius 3 is 2.30 bits per heavy atom. The van der Waals surface area contributed by atoms with Crippen molar-refractivity contribution in [2.75, 3.05) is 11.3 Å². The highest BCUT2D eigenvalue weighted by molar-refractivity contribution is 7.91. The van der Waals surface area contributed by atoms with Gasteiger partial charge in [0.05, 0.1) is 17.8 Å². The Hall–Kier alpha value is -3.75. The molecular weight excluding hydrogens is 390 g/mol. The average Bonchev–Trinajstić information content (AvgIpc) is 2.52. The molecule has 0 aromatic heterocycles. The highest BCUT2D eigenvalue weighted by Gasteiger charge is 2.42. The number of nitrogens with zero attached hydrogens (tertiary/aromatic N) is 1. The van der Waals surface area contributed by atoms with Crippen molar-refractivity contribution in [1.29, 1.82) is 0 Å². The van der Waals surface area contributed by atoms with E-state index in [4.69, 9.17) is 10.8 Å².